The van der Waals surface area contributed by atoms with Crippen molar-refractivity contribution in [2.75, 3.05) is 26.7 Å². The molecule has 1 saturated heterocycles. The van der Waals surface area contributed by atoms with Gasteiger partial charge >= 0.3 is 0 Å². The summed E-state index contributed by atoms with van der Waals surface area (Å²) in [6, 6.07) is 0.353. The first-order valence-corrected chi connectivity index (χ1v) is 3.92. The molecule has 4 nitrogen and oxygen atoms in total. The predicted octanol–water partition coefficient (Wildman–Crippen LogP) is -0.813. The molecule has 1 unspecified atom stereocenters. The number of rotatable bonds is 2. The van der Waals surface area contributed by atoms with Crippen LogP contribution in [-0.4, -0.2) is 43.5 Å². The van der Waals surface area contributed by atoms with Crippen molar-refractivity contribution in [3.05, 3.63) is 0 Å². The number of halogens is 1. The van der Waals surface area contributed by atoms with Crippen molar-refractivity contribution in [3.63, 3.8) is 0 Å². The van der Waals surface area contributed by atoms with E-state index in [1.807, 2.05) is 7.05 Å². The molecule has 1 rings (SSSR count). The number of amides is 1. The third-order valence-electron chi connectivity index (χ3n) is 2.15. The Bertz CT molecular complexity index is 148. The Morgan fingerprint density at radius 3 is 2.83 bits per heavy atom. The zero-order chi connectivity index (χ0) is 8.27. The molecule has 1 aliphatic rings. The van der Waals surface area contributed by atoms with E-state index in [-0.39, 0.29) is 24.9 Å². The number of hydrogen-bond acceptors (Lipinski definition) is 3. The average Bonchev–Trinajstić information content (AvgIpc) is 2.53. The smallest absolute Gasteiger partial charge is 0.236 e. The monoisotopic (exact) mass is 193 g/mol. The number of carbonyl (C=O) groups is 1. The van der Waals surface area contributed by atoms with Crippen LogP contribution in [0.4, 0.5) is 0 Å². The summed E-state index contributed by atoms with van der Waals surface area (Å²) in [4.78, 5) is 12.8. The van der Waals surface area contributed by atoms with Crippen molar-refractivity contribution in [2.24, 2.45) is 5.73 Å². The molecule has 0 spiro atoms. The molecule has 3 N–H and O–H groups in total. The minimum atomic E-state index is 0. The van der Waals surface area contributed by atoms with Crippen LogP contribution in [0, 0.1) is 0 Å². The van der Waals surface area contributed by atoms with E-state index in [4.69, 9.17) is 5.73 Å². The largest absolute Gasteiger partial charge is 0.340 e. The van der Waals surface area contributed by atoms with Crippen molar-refractivity contribution in [1.29, 1.82) is 0 Å². The summed E-state index contributed by atoms with van der Waals surface area (Å²) in [7, 11) is 1.81. The van der Waals surface area contributed by atoms with Crippen molar-refractivity contribution < 1.29 is 4.79 Å². The van der Waals surface area contributed by atoms with Crippen LogP contribution in [0.2, 0.25) is 0 Å². The molecule has 0 aromatic heterocycles. The van der Waals surface area contributed by atoms with Crippen LogP contribution in [0.1, 0.15) is 6.42 Å². The zero-order valence-corrected chi connectivity index (χ0v) is 8.06. The lowest BCUT2D eigenvalue weighted by molar-refractivity contribution is -0.130. The molecule has 72 valence electrons. The Morgan fingerprint density at radius 2 is 2.42 bits per heavy atom. The molecule has 0 aromatic rings. The van der Waals surface area contributed by atoms with Crippen molar-refractivity contribution in [3.8, 4) is 0 Å². The first-order chi connectivity index (χ1) is 5.25. The first kappa shape index (κ1) is 11.7. The fraction of sp³-hybridized carbons (Fsp3) is 0.857. The zero-order valence-electron chi connectivity index (χ0n) is 7.25. The third kappa shape index (κ3) is 2.62. The van der Waals surface area contributed by atoms with Gasteiger partial charge in [0.25, 0.3) is 0 Å². The van der Waals surface area contributed by atoms with Crippen molar-refractivity contribution >= 4 is 18.3 Å². The Hall–Kier alpha value is -0.320. The lowest BCUT2D eigenvalue weighted by atomic mass is 10.2. The van der Waals surface area contributed by atoms with Crippen LogP contribution in [-0.2, 0) is 4.79 Å². The minimum absolute atomic E-state index is 0. The molecular weight excluding hydrogens is 178 g/mol. The lowest BCUT2D eigenvalue weighted by Crippen LogP contribution is -2.41. The van der Waals surface area contributed by atoms with Crippen LogP contribution in [0.25, 0.3) is 0 Å². The second-order valence-corrected chi connectivity index (χ2v) is 2.86. The van der Waals surface area contributed by atoms with Gasteiger partial charge < -0.3 is 16.0 Å². The minimum Gasteiger partial charge on any atom is -0.340 e. The second kappa shape index (κ2) is 5.35. The predicted molar refractivity (Wildman–Crippen MR) is 50.3 cm³/mol. The fourth-order valence-electron chi connectivity index (χ4n) is 1.32. The summed E-state index contributed by atoms with van der Waals surface area (Å²) in [5.74, 6) is 0.0266. The van der Waals surface area contributed by atoms with Crippen LogP contribution >= 0.6 is 12.4 Å². The van der Waals surface area contributed by atoms with Crippen molar-refractivity contribution in [1.82, 2.24) is 10.2 Å². The topological polar surface area (TPSA) is 58.4 Å². The maximum atomic E-state index is 11.1. The molecule has 1 aliphatic heterocycles. The van der Waals surface area contributed by atoms with E-state index < -0.39 is 0 Å². The number of nitrogens with one attached hydrogen (secondary N) is 1. The Morgan fingerprint density at radius 1 is 1.75 bits per heavy atom. The highest BCUT2D eigenvalue weighted by atomic mass is 35.5. The SMILES string of the molecule is CN(C(=O)CN)C1CCNC1.Cl. The molecule has 5 heteroatoms. The Balaban J connectivity index is 0.00000121. The number of nitrogens with zero attached hydrogens (tertiary/aromatic N) is 1. The van der Waals surface area contributed by atoms with Gasteiger partial charge in [-0.1, -0.05) is 0 Å². The Labute approximate surface area is 78.9 Å². The summed E-state index contributed by atoms with van der Waals surface area (Å²) < 4.78 is 0. The van der Waals surface area contributed by atoms with Crippen LogP contribution in [0.5, 0.6) is 0 Å². The maximum absolute atomic E-state index is 11.1. The number of likely N-dealkylation sites (N-methyl/N-ethyl adjacent to an activating group) is 1. The lowest BCUT2D eigenvalue weighted by Gasteiger charge is -2.22. The molecule has 1 atom stereocenters. The maximum Gasteiger partial charge on any atom is 0.236 e. The fourth-order valence-corrected chi connectivity index (χ4v) is 1.32. The summed E-state index contributed by atoms with van der Waals surface area (Å²) >= 11 is 0. The summed E-state index contributed by atoms with van der Waals surface area (Å²) in [5.41, 5.74) is 5.23. The van der Waals surface area contributed by atoms with E-state index in [9.17, 15) is 4.79 Å². The highest BCUT2D eigenvalue weighted by Crippen LogP contribution is 2.05. The van der Waals surface area contributed by atoms with E-state index in [2.05, 4.69) is 5.32 Å². The molecule has 0 saturated carbocycles. The number of nitrogens with two attached hydrogens (primary N) is 1. The normalized spacial score (nSPS) is 21.7. The average molecular weight is 194 g/mol. The summed E-state index contributed by atoms with van der Waals surface area (Å²) in [6.07, 6.45) is 1.04. The molecule has 12 heavy (non-hydrogen) atoms. The van der Waals surface area contributed by atoms with E-state index in [1.165, 1.54) is 0 Å². The second-order valence-electron chi connectivity index (χ2n) is 2.86. The van der Waals surface area contributed by atoms with Gasteiger partial charge in [0, 0.05) is 19.6 Å². The number of hydrogen-bond donors (Lipinski definition) is 2. The molecular formula is C7H16ClN3O. The van der Waals surface area contributed by atoms with Gasteiger partial charge in [0.15, 0.2) is 0 Å². The standard InChI is InChI=1S/C7H15N3O.ClH/c1-10(7(11)4-8)6-2-3-9-5-6;/h6,9H,2-5,8H2,1H3;1H. The van der Waals surface area contributed by atoms with Gasteiger partial charge in [0.05, 0.1) is 6.54 Å². The van der Waals surface area contributed by atoms with E-state index in [0.29, 0.717) is 6.04 Å². The molecule has 0 aliphatic carbocycles. The van der Waals surface area contributed by atoms with Gasteiger partial charge in [-0.05, 0) is 13.0 Å². The molecule has 1 heterocycles. The molecule has 1 amide bonds. The van der Waals surface area contributed by atoms with Gasteiger partial charge in [0.1, 0.15) is 0 Å². The molecule has 0 aromatic carbocycles. The molecule has 0 bridgehead atoms. The summed E-state index contributed by atoms with van der Waals surface area (Å²) in [6.45, 7) is 2.03. The van der Waals surface area contributed by atoms with Gasteiger partial charge in [-0.3, -0.25) is 4.79 Å². The quantitative estimate of drug-likeness (QED) is 0.603. The molecule has 0 radical (unpaired) electrons. The van der Waals surface area contributed by atoms with Crippen LogP contribution in [0.3, 0.4) is 0 Å². The third-order valence-corrected chi connectivity index (χ3v) is 2.15. The van der Waals surface area contributed by atoms with Crippen molar-refractivity contribution in [2.45, 2.75) is 12.5 Å². The Kier molecular flexibility index (Phi) is 5.20. The molecule has 1 fully saturated rings. The van der Waals surface area contributed by atoms with Gasteiger partial charge in [-0.15, -0.1) is 12.4 Å². The van der Waals surface area contributed by atoms with Crippen LogP contribution < -0.4 is 11.1 Å². The highest BCUT2D eigenvalue weighted by molar-refractivity contribution is 5.85. The highest BCUT2D eigenvalue weighted by Gasteiger charge is 2.21. The van der Waals surface area contributed by atoms with E-state index >= 15 is 0 Å². The van der Waals surface area contributed by atoms with Gasteiger partial charge in [-0.25, -0.2) is 0 Å². The van der Waals surface area contributed by atoms with Gasteiger partial charge in [-0.2, -0.15) is 0 Å². The van der Waals surface area contributed by atoms with E-state index in [0.717, 1.165) is 19.5 Å². The number of carbonyl (C=O) groups excluding carboxylic acids is 1. The summed E-state index contributed by atoms with van der Waals surface area (Å²) in [5, 5.41) is 3.20. The first-order valence-electron chi connectivity index (χ1n) is 3.92. The van der Waals surface area contributed by atoms with E-state index in [1.54, 1.807) is 4.90 Å². The van der Waals surface area contributed by atoms with Crippen LogP contribution in [0.15, 0.2) is 0 Å². The van der Waals surface area contributed by atoms with Gasteiger partial charge in [0.2, 0.25) is 5.91 Å².